The van der Waals surface area contributed by atoms with Gasteiger partial charge in [0.25, 0.3) is 0 Å². The summed E-state index contributed by atoms with van der Waals surface area (Å²) in [4.78, 5) is 39.5. The molecule has 2 fully saturated rings. The standard InChI is InChI=1S/C44H38N4O6/c1-51-36-21-19-27-20-22-37(52-2)35-26-48-42(50)46-24-33-32(39(53-3)30-17-11-12-18-31(30)40(33)54-4)23-45-41(49)47(25-34(36)38(27)35)44(48,29-15-9-6-10-16-29)43(45,46)28-13-7-5-8-14-28/h5-22H,23-26H2,1-4H3. The second-order valence-electron chi connectivity index (χ2n) is 14.1. The van der Waals surface area contributed by atoms with Crippen LogP contribution in [0.4, 0.5) is 9.59 Å². The summed E-state index contributed by atoms with van der Waals surface area (Å²) in [6, 6.07) is 35.4. The van der Waals surface area contributed by atoms with Crippen molar-refractivity contribution in [2.75, 3.05) is 28.4 Å². The van der Waals surface area contributed by atoms with Crippen LogP contribution in [0.1, 0.15) is 33.4 Å². The number of methoxy groups -OCH3 is 4. The Morgan fingerprint density at radius 3 is 1.19 bits per heavy atom. The highest BCUT2D eigenvalue weighted by molar-refractivity contribution is 5.99. The Morgan fingerprint density at radius 2 is 0.815 bits per heavy atom. The number of urea groups is 2. The summed E-state index contributed by atoms with van der Waals surface area (Å²) >= 11 is 0. The van der Waals surface area contributed by atoms with Gasteiger partial charge in [-0.3, -0.25) is 19.6 Å². The van der Waals surface area contributed by atoms with E-state index in [9.17, 15) is 0 Å². The molecule has 2 saturated heterocycles. The number of amides is 4. The molecule has 10 rings (SSSR count). The zero-order chi connectivity index (χ0) is 36.9. The van der Waals surface area contributed by atoms with Crippen molar-refractivity contribution >= 4 is 33.6 Å². The number of hydrogen-bond donors (Lipinski definition) is 0. The Hall–Kier alpha value is -6.42. The van der Waals surface area contributed by atoms with Gasteiger partial charge in [-0.25, -0.2) is 9.59 Å². The molecule has 0 atom stereocenters. The van der Waals surface area contributed by atoms with Crippen molar-refractivity contribution in [3.8, 4) is 23.0 Å². The first-order valence-electron chi connectivity index (χ1n) is 18.0. The summed E-state index contributed by atoms with van der Waals surface area (Å²) < 4.78 is 24.6. The van der Waals surface area contributed by atoms with Gasteiger partial charge in [-0.1, -0.05) is 97.1 Å². The maximum Gasteiger partial charge on any atom is 0.325 e. The molecular weight excluding hydrogens is 681 g/mol. The maximum atomic E-state index is 16.0. The second-order valence-corrected chi connectivity index (χ2v) is 14.1. The fourth-order valence-electron chi connectivity index (χ4n) is 10.1. The molecule has 4 amide bonds. The van der Waals surface area contributed by atoms with Crippen LogP contribution in [-0.4, -0.2) is 60.1 Å². The normalized spacial score (nSPS) is 21.1. The average Bonchev–Trinajstić information content (AvgIpc) is 3.44. The predicted molar refractivity (Wildman–Crippen MR) is 203 cm³/mol. The monoisotopic (exact) mass is 718 g/mol. The first-order chi connectivity index (χ1) is 26.4. The van der Waals surface area contributed by atoms with Crippen LogP contribution in [0.3, 0.4) is 0 Å². The Bertz CT molecular complexity index is 2420. The summed E-state index contributed by atoms with van der Waals surface area (Å²) in [5.74, 6) is 2.61. The van der Waals surface area contributed by atoms with E-state index in [2.05, 4.69) is 0 Å². The highest BCUT2D eigenvalue weighted by Gasteiger charge is 2.80. The number of fused-ring (bicyclic) bond motifs is 2. The fraction of sp³-hybridized carbons (Fsp3) is 0.227. The molecule has 10 heteroatoms. The Labute approximate surface area is 312 Å². The van der Waals surface area contributed by atoms with E-state index in [1.165, 1.54) is 0 Å². The molecule has 6 aromatic rings. The summed E-state index contributed by atoms with van der Waals surface area (Å²) in [5.41, 5.74) is 2.17. The van der Waals surface area contributed by atoms with Crippen LogP contribution in [0.2, 0.25) is 0 Å². The van der Waals surface area contributed by atoms with Gasteiger partial charge in [-0.2, -0.15) is 0 Å². The van der Waals surface area contributed by atoms with Crippen LogP contribution in [0, 0.1) is 0 Å². The lowest BCUT2D eigenvalue weighted by Gasteiger charge is -2.50. The lowest BCUT2D eigenvalue weighted by atomic mass is 9.78. The molecule has 10 nitrogen and oxygen atoms in total. The van der Waals surface area contributed by atoms with Gasteiger partial charge in [-0.05, 0) is 22.9 Å². The molecule has 6 aromatic carbocycles. The fourth-order valence-corrected chi connectivity index (χ4v) is 10.1. The first-order valence-corrected chi connectivity index (χ1v) is 18.0. The minimum atomic E-state index is -1.38. The summed E-state index contributed by atoms with van der Waals surface area (Å²) in [5, 5.41) is 3.61. The molecule has 0 spiro atoms. The van der Waals surface area contributed by atoms with Gasteiger partial charge in [0.1, 0.15) is 23.0 Å². The maximum absolute atomic E-state index is 16.0. The number of benzene rings is 6. The van der Waals surface area contributed by atoms with E-state index in [1.54, 1.807) is 28.4 Å². The molecule has 0 saturated carbocycles. The number of hydrogen-bond acceptors (Lipinski definition) is 6. The molecule has 0 unspecified atom stereocenters. The van der Waals surface area contributed by atoms with Gasteiger partial charge in [-0.15, -0.1) is 0 Å². The van der Waals surface area contributed by atoms with Crippen molar-refractivity contribution in [3.63, 3.8) is 0 Å². The van der Waals surface area contributed by atoms with Gasteiger partial charge in [0.2, 0.25) is 0 Å². The Kier molecular flexibility index (Phi) is 6.89. The SMILES string of the molecule is COc1ccc2ccc(OC)c3c2c1CN1C(=O)N2Cc4c(c(OC)c5ccccc5c4OC)CN4C(=O)N(C3)C1(c1ccccc1)C24c1ccccc1. The topological polar surface area (TPSA) is 84.0 Å². The van der Waals surface area contributed by atoms with Crippen molar-refractivity contribution in [3.05, 3.63) is 143 Å². The van der Waals surface area contributed by atoms with Gasteiger partial charge in [0.15, 0.2) is 11.3 Å². The van der Waals surface area contributed by atoms with Crippen molar-refractivity contribution in [1.82, 2.24) is 19.6 Å². The highest BCUT2D eigenvalue weighted by Crippen LogP contribution is 2.66. The smallest absolute Gasteiger partial charge is 0.325 e. The van der Waals surface area contributed by atoms with Crippen molar-refractivity contribution in [2.24, 2.45) is 0 Å². The zero-order valence-corrected chi connectivity index (χ0v) is 30.5. The van der Waals surface area contributed by atoms with Gasteiger partial charge in [0, 0.05) is 44.2 Å². The molecule has 270 valence electrons. The van der Waals surface area contributed by atoms with Gasteiger partial charge in [0.05, 0.1) is 54.6 Å². The van der Waals surface area contributed by atoms with E-state index in [0.717, 1.165) is 54.9 Å². The molecule has 0 N–H and O–H groups in total. The van der Waals surface area contributed by atoms with E-state index in [1.807, 2.05) is 129 Å². The number of nitrogens with zero attached hydrogens (tertiary/aromatic N) is 4. The number of rotatable bonds is 6. The van der Waals surface area contributed by atoms with E-state index < -0.39 is 11.3 Å². The van der Waals surface area contributed by atoms with Crippen LogP contribution >= 0.6 is 0 Å². The van der Waals surface area contributed by atoms with E-state index >= 15 is 9.59 Å². The van der Waals surface area contributed by atoms with Crippen LogP contribution in [0.15, 0.2) is 109 Å². The summed E-state index contributed by atoms with van der Waals surface area (Å²) in [6.07, 6.45) is 0. The van der Waals surface area contributed by atoms with Crippen LogP contribution in [0.5, 0.6) is 23.0 Å². The van der Waals surface area contributed by atoms with Gasteiger partial charge >= 0.3 is 12.1 Å². The molecule has 0 bridgehead atoms. The van der Waals surface area contributed by atoms with E-state index in [0.29, 0.717) is 23.0 Å². The van der Waals surface area contributed by atoms with E-state index in [-0.39, 0.29) is 38.2 Å². The Balaban J connectivity index is 1.37. The summed E-state index contributed by atoms with van der Waals surface area (Å²) in [7, 11) is 6.63. The number of carbonyl (C=O) groups excluding carboxylic acids is 2. The zero-order valence-electron chi connectivity index (χ0n) is 30.5. The number of ether oxygens (including phenoxy) is 4. The molecule has 0 aromatic heterocycles. The second kappa shape index (κ2) is 11.5. The lowest BCUT2D eigenvalue weighted by Crippen LogP contribution is -2.63. The average molecular weight is 719 g/mol. The van der Waals surface area contributed by atoms with Crippen LogP contribution in [0.25, 0.3) is 21.5 Å². The molecule has 4 aliphatic heterocycles. The minimum absolute atomic E-state index is 0.147. The van der Waals surface area contributed by atoms with Gasteiger partial charge < -0.3 is 18.9 Å². The van der Waals surface area contributed by atoms with Crippen molar-refractivity contribution in [1.29, 1.82) is 0 Å². The number of carbonyl (C=O) groups is 2. The largest absolute Gasteiger partial charge is 0.496 e. The highest BCUT2D eigenvalue weighted by atomic mass is 16.5. The van der Waals surface area contributed by atoms with Crippen LogP contribution in [-0.2, 0) is 37.5 Å². The molecular formula is C44H38N4O6. The third-order valence-electron chi connectivity index (χ3n) is 12.1. The summed E-state index contributed by atoms with van der Waals surface area (Å²) in [6.45, 7) is 0.603. The van der Waals surface area contributed by atoms with Crippen molar-refractivity contribution in [2.45, 2.75) is 37.5 Å². The first kappa shape index (κ1) is 32.2. The van der Waals surface area contributed by atoms with Crippen molar-refractivity contribution < 1.29 is 28.5 Å². The predicted octanol–water partition coefficient (Wildman–Crippen LogP) is 7.94. The van der Waals surface area contributed by atoms with E-state index in [4.69, 9.17) is 18.9 Å². The third kappa shape index (κ3) is 3.74. The quantitative estimate of drug-likeness (QED) is 0.174. The molecule has 0 radical (unpaired) electrons. The van der Waals surface area contributed by atoms with Crippen LogP contribution < -0.4 is 18.9 Å². The molecule has 4 aliphatic rings. The molecule has 0 aliphatic carbocycles. The third-order valence-corrected chi connectivity index (χ3v) is 12.1. The minimum Gasteiger partial charge on any atom is -0.496 e. The Morgan fingerprint density at radius 1 is 0.444 bits per heavy atom. The molecule has 54 heavy (non-hydrogen) atoms. The molecule has 4 heterocycles. The lowest BCUT2D eigenvalue weighted by molar-refractivity contribution is -0.0831.